The summed E-state index contributed by atoms with van der Waals surface area (Å²) in [5.41, 5.74) is 0.986. The smallest absolute Gasteiger partial charge is 0.191 e. The third-order valence-electron chi connectivity index (χ3n) is 3.68. The Morgan fingerprint density at radius 1 is 1.17 bits per heavy atom. The molecule has 4 rings (SSSR count). The summed E-state index contributed by atoms with van der Waals surface area (Å²) in [4.78, 5) is 4.35. The fraction of sp³-hybridized carbons (Fsp3) is 0.333. The van der Waals surface area contributed by atoms with Crippen molar-refractivity contribution in [3.63, 3.8) is 0 Å². The van der Waals surface area contributed by atoms with Crippen LogP contribution in [-0.4, -0.2) is 34.6 Å². The molecule has 3 aromatic rings. The molecule has 0 unspecified atom stereocenters. The summed E-state index contributed by atoms with van der Waals surface area (Å²) < 4.78 is 3.81. The number of aliphatic hydroxyl groups excluding tert-OH is 1. The van der Waals surface area contributed by atoms with Crippen molar-refractivity contribution in [3.8, 4) is 5.69 Å². The minimum atomic E-state index is -0.0784. The number of para-hydroxylation sites is 1. The Kier molecular flexibility index (Phi) is 3.84. The summed E-state index contributed by atoms with van der Waals surface area (Å²) in [6.45, 7) is -0.0784. The second-order valence-electron chi connectivity index (χ2n) is 5.39. The van der Waals surface area contributed by atoms with Gasteiger partial charge in [-0.2, -0.15) is 5.10 Å². The van der Waals surface area contributed by atoms with Crippen molar-refractivity contribution in [3.05, 3.63) is 48.3 Å². The van der Waals surface area contributed by atoms with E-state index in [1.807, 2.05) is 34.9 Å². The molecule has 0 amide bonds. The van der Waals surface area contributed by atoms with Crippen LogP contribution in [0.4, 0.5) is 0 Å². The van der Waals surface area contributed by atoms with E-state index in [-0.39, 0.29) is 6.61 Å². The molecule has 118 valence electrons. The van der Waals surface area contributed by atoms with Gasteiger partial charge in [-0.1, -0.05) is 30.0 Å². The minimum absolute atomic E-state index is 0.0784. The van der Waals surface area contributed by atoms with Crippen LogP contribution in [0.5, 0.6) is 0 Å². The molecular weight excluding hydrogens is 312 g/mol. The number of thioether (sulfide) groups is 1. The van der Waals surface area contributed by atoms with Crippen molar-refractivity contribution in [2.24, 2.45) is 0 Å². The number of benzene rings is 1. The van der Waals surface area contributed by atoms with Crippen molar-refractivity contribution in [2.75, 3.05) is 0 Å². The topological polar surface area (TPSA) is 81.7 Å². The van der Waals surface area contributed by atoms with E-state index in [1.165, 1.54) is 0 Å². The highest BCUT2D eigenvalue weighted by atomic mass is 32.2. The summed E-state index contributed by atoms with van der Waals surface area (Å²) in [7, 11) is 0. The molecule has 0 aliphatic heterocycles. The van der Waals surface area contributed by atoms with Gasteiger partial charge in [-0.05, 0) is 25.0 Å². The Balaban J connectivity index is 1.48. The van der Waals surface area contributed by atoms with Crippen molar-refractivity contribution in [2.45, 2.75) is 36.4 Å². The lowest BCUT2D eigenvalue weighted by molar-refractivity contribution is 0.263. The number of aromatic nitrogens is 6. The van der Waals surface area contributed by atoms with Gasteiger partial charge in [0.05, 0.1) is 11.4 Å². The maximum absolute atomic E-state index is 9.36. The fourth-order valence-electron chi connectivity index (χ4n) is 2.41. The molecule has 0 radical (unpaired) electrons. The van der Waals surface area contributed by atoms with Crippen LogP contribution in [0.1, 0.15) is 30.5 Å². The standard InChI is InChI=1S/C15H16N6OS/c22-8-14-17-18-15(21(14)12-6-7-12)23-9-13-16-10-20(19-13)11-4-2-1-3-5-11/h1-5,10,12,22H,6-9H2. The number of hydrogen-bond acceptors (Lipinski definition) is 6. The van der Waals surface area contributed by atoms with E-state index in [0.29, 0.717) is 17.6 Å². The summed E-state index contributed by atoms with van der Waals surface area (Å²) in [6.07, 6.45) is 3.97. The van der Waals surface area contributed by atoms with Crippen molar-refractivity contribution in [1.29, 1.82) is 0 Å². The Hall–Kier alpha value is -2.19. The monoisotopic (exact) mass is 328 g/mol. The zero-order valence-corrected chi connectivity index (χ0v) is 13.2. The van der Waals surface area contributed by atoms with Crippen LogP contribution in [-0.2, 0) is 12.4 Å². The van der Waals surface area contributed by atoms with E-state index in [4.69, 9.17) is 0 Å². The predicted octanol–water partition coefficient (Wildman–Crippen LogP) is 1.98. The molecule has 2 heterocycles. The lowest BCUT2D eigenvalue weighted by atomic mass is 10.3. The normalized spacial score (nSPS) is 14.3. The first-order chi connectivity index (χ1) is 11.3. The first-order valence-electron chi connectivity index (χ1n) is 7.48. The second-order valence-corrected chi connectivity index (χ2v) is 6.33. The van der Waals surface area contributed by atoms with E-state index >= 15 is 0 Å². The van der Waals surface area contributed by atoms with Gasteiger partial charge in [-0.25, -0.2) is 9.67 Å². The summed E-state index contributed by atoms with van der Waals surface area (Å²) >= 11 is 1.55. The number of hydrogen-bond donors (Lipinski definition) is 1. The second kappa shape index (κ2) is 6.13. The van der Waals surface area contributed by atoms with Crippen LogP contribution < -0.4 is 0 Å². The van der Waals surface area contributed by atoms with Crippen molar-refractivity contribution in [1.82, 2.24) is 29.5 Å². The molecule has 2 aromatic heterocycles. The third kappa shape index (κ3) is 2.99. The van der Waals surface area contributed by atoms with Crippen LogP contribution in [0.2, 0.25) is 0 Å². The number of rotatable bonds is 6. The molecule has 1 aromatic carbocycles. The Labute approximate surface area is 137 Å². The Morgan fingerprint density at radius 2 is 2.00 bits per heavy atom. The highest BCUT2D eigenvalue weighted by Crippen LogP contribution is 2.39. The average molecular weight is 328 g/mol. The van der Waals surface area contributed by atoms with Crippen LogP contribution in [0, 0.1) is 0 Å². The van der Waals surface area contributed by atoms with E-state index in [0.717, 1.165) is 29.5 Å². The molecule has 1 aliphatic rings. The van der Waals surface area contributed by atoms with Gasteiger partial charge >= 0.3 is 0 Å². The molecule has 23 heavy (non-hydrogen) atoms. The SMILES string of the molecule is OCc1nnc(SCc2ncn(-c3ccccc3)n2)n1C1CC1. The van der Waals surface area contributed by atoms with E-state index in [2.05, 4.69) is 20.3 Å². The van der Waals surface area contributed by atoms with Gasteiger partial charge in [0.2, 0.25) is 0 Å². The Morgan fingerprint density at radius 3 is 2.74 bits per heavy atom. The first kappa shape index (κ1) is 14.4. The maximum atomic E-state index is 9.36. The molecule has 1 fully saturated rings. The van der Waals surface area contributed by atoms with Crippen LogP contribution in [0.25, 0.3) is 5.69 Å². The van der Waals surface area contributed by atoms with Gasteiger partial charge in [0, 0.05) is 6.04 Å². The number of nitrogens with zero attached hydrogens (tertiary/aromatic N) is 6. The molecular formula is C15H16N6OS. The van der Waals surface area contributed by atoms with Crippen molar-refractivity contribution >= 4 is 11.8 Å². The molecule has 1 saturated carbocycles. The van der Waals surface area contributed by atoms with E-state index < -0.39 is 0 Å². The van der Waals surface area contributed by atoms with E-state index in [1.54, 1.807) is 22.8 Å². The molecule has 8 heteroatoms. The molecule has 1 aliphatic carbocycles. The van der Waals surface area contributed by atoms with Gasteiger partial charge in [0.25, 0.3) is 0 Å². The highest BCUT2D eigenvalue weighted by Gasteiger charge is 2.29. The lowest BCUT2D eigenvalue weighted by Crippen LogP contribution is -2.03. The quantitative estimate of drug-likeness (QED) is 0.697. The Bertz CT molecular complexity index is 795. The fourth-order valence-corrected chi connectivity index (χ4v) is 3.29. The summed E-state index contributed by atoms with van der Waals surface area (Å²) in [5, 5.41) is 22.9. The molecule has 0 spiro atoms. The van der Waals surface area contributed by atoms with Crippen LogP contribution in [0.3, 0.4) is 0 Å². The van der Waals surface area contributed by atoms with E-state index in [9.17, 15) is 5.11 Å². The van der Waals surface area contributed by atoms with Gasteiger partial charge in [-0.3, -0.25) is 0 Å². The lowest BCUT2D eigenvalue weighted by Gasteiger charge is -2.05. The molecule has 0 atom stereocenters. The van der Waals surface area contributed by atoms with Gasteiger partial charge in [-0.15, -0.1) is 10.2 Å². The van der Waals surface area contributed by atoms with Crippen molar-refractivity contribution < 1.29 is 5.11 Å². The summed E-state index contributed by atoms with van der Waals surface area (Å²) in [5.74, 6) is 2.00. The highest BCUT2D eigenvalue weighted by molar-refractivity contribution is 7.98. The van der Waals surface area contributed by atoms with Gasteiger partial charge < -0.3 is 9.67 Å². The molecule has 7 nitrogen and oxygen atoms in total. The maximum Gasteiger partial charge on any atom is 0.191 e. The number of aliphatic hydroxyl groups is 1. The first-order valence-corrected chi connectivity index (χ1v) is 8.47. The minimum Gasteiger partial charge on any atom is -0.388 e. The van der Waals surface area contributed by atoms with Crippen LogP contribution >= 0.6 is 11.8 Å². The predicted molar refractivity (Wildman–Crippen MR) is 85.1 cm³/mol. The average Bonchev–Trinajstić information content (AvgIpc) is 3.18. The zero-order chi connectivity index (χ0) is 15.6. The van der Waals surface area contributed by atoms with Gasteiger partial charge in [0.1, 0.15) is 12.9 Å². The largest absolute Gasteiger partial charge is 0.388 e. The molecule has 0 bridgehead atoms. The summed E-state index contributed by atoms with van der Waals surface area (Å²) in [6, 6.07) is 10.3. The van der Waals surface area contributed by atoms with Gasteiger partial charge in [0.15, 0.2) is 16.8 Å². The zero-order valence-electron chi connectivity index (χ0n) is 12.4. The third-order valence-corrected chi connectivity index (χ3v) is 4.62. The van der Waals surface area contributed by atoms with Crippen LogP contribution in [0.15, 0.2) is 41.8 Å². The molecule has 1 N–H and O–H groups in total. The molecule has 0 saturated heterocycles.